The van der Waals surface area contributed by atoms with Gasteiger partial charge < -0.3 is 15.1 Å². The Morgan fingerprint density at radius 2 is 2.29 bits per heavy atom. The van der Waals surface area contributed by atoms with E-state index in [9.17, 15) is 5.11 Å². The summed E-state index contributed by atoms with van der Waals surface area (Å²) in [6.07, 6.45) is 1.03. The second-order valence-electron chi connectivity index (χ2n) is 3.80. The lowest BCUT2D eigenvalue weighted by atomic mass is 10.1. The van der Waals surface area contributed by atoms with Gasteiger partial charge in [-0.05, 0) is 18.6 Å². The molecule has 0 aromatic heterocycles. The van der Waals surface area contributed by atoms with Crippen LogP contribution in [0.2, 0.25) is 0 Å². The number of phenolic OH excluding ortho intramolecular Hbond substituents is 1. The first kappa shape index (κ1) is 9.34. The summed E-state index contributed by atoms with van der Waals surface area (Å²) in [7, 11) is 0. The lowest BCUT2D eigenvalue weighted by Gasteiger charge is -2.18. The lowest BCUT2D eigenvalue weighted by molar-refractivity contribution is 0.238. The monoisotopic (exact) mass is 193 g/mol. The third-order valence-corrected chi connectivity index (χ3v) is 2.74. The van der Waals surface area contributed by atoms with E-state index >= 15 is 0 Å². The van der Waals surface area contributed by atoms with E-state index in [1.54, 1.807) is 12.1 Å². The van der Waals surface area contributed by atoms with Crippen LogP contribution in [-0.2, 0) is 0 Å². The summed E-state index contributed by atoms with van der Waals surface area (Å²) >= 11 is 0. The largest absolute Gasteiger partial charge is 0.508 e. The Kier molecular flexibility index (Phi) is 2.59. The van der Waals surface area contributed by atoms with E-state index in [4.69, 9.17) is 5.11 Å². The van der Waals surface area contributed by atoms with E-state index in [1.165, 1.54) is 0 Å². The number of anilines is 1. The van der Waals surface area contributed by atoms with Gasteiger partial charge in [0.2, 0.25) is 0 Å². The zero-order valence-electron chi connectivity index (χ0n) is 8.06. The molecule has 1 aromatic rings. The average Bonchev–Trinajstić information content (AvgIpc) is 2.66. The molecule has 14 heavy (non-hydrogen) atoms. The molecule has 1 fully saturated rings. The van der Waals surface area contributed by atoms with Gasteiger partial charge in [-0.3, -0.25) is 0 Å². The summed E-state index contributed by atoms with van der Waals surface area (Å²) in [6.45, 7) is 2.12. The Bertz CT molecular complexity index is 314. The first-order chi connectivity index (χ1) is 6.79. The number of rotatable bonds is 2. The molecule has 0 radical (unpaired) electrons. The van der Waals surface area contributed by atoms with Crippen molar-refractivity contribution in [3.63, 3.8) is 0 Å². The topological polar surface area (TPSA) is 43.7 Å². The standard InChI is InChI=1S/C11H15NO2/c13-8-9-4-5-12(7-9)10-2-1-3-11(14)6-10/h1-3,6,9,13-14H,4-5,7-8H2. The third-order valence-electron chi connectivity index (χ3n) is 2.74. The first-order valence-electron chi connectivity index (χ1n) is 4.94. The Morgan fingerprint density at radius 1 is 1.43 bits per heavy atom. The van der Waals surface area contributed by atoms with Crippen LogP contribution < -0.4 is 4.90 Å². The summed E-state index contributed by atoms with van der Waals surface area (Å²) in [5, 5.41) is 18.3. The highest BCUT2D eigenvalue weighted by molar-refractivity contribution is 5.51. The average molecular weight is 193 g/mol. The maximum atomic E-state index is 9.32. The molecule has 2 rings (SSSR count). The summed E-state index contributed by atoms with van der Waals surface area (Å²) in [4.78, 5) is 2.20. The molecule has 0 saturated carbocycles. The van der Waals surface area contributed by atoms with Crippen LogP contribution in [0.3, 0.4) is 0 Å². The van der Waals surface area contributed by atoms with E-state index in [0.717, 1.165) is 25.2 Å². The number of hydrogen-bond acceptors (Lipinski definition) is 3. The molecule has 0 spiro atoms. The molecule has 1 atom stereocenters. The highest BCUT2D eigenvalue weighted by Gasteiger charge is 2.21. The Hall–Kier alpha value is -1.22. The minimum Gasteiger partial charge on any atom is -0.508 e. The molecule has 0 amide bonds. The normalized spacial score (nSPS) is 21.5. The van der Waals surface area contributed by atoms with Crippen LogP contribution >= 0.6 is 0 Å². The van der Waals surface area contributed by atoms with Crippen molar-refractivity contribution in [2.45, 2.75) is 6.42 Å². The molecule has 0 aliphatic carbocycles. The van der Waals surface area contributed by atoms with E-state index in [1.807, 2.05) is 12.1 Å². The molecule has 1 heterocycles. The van der Waals surface area contributed by atoms with Crippen molar-refractivity contribution >= 4 is 5.69 Å². The summed E-state index contributed by atoms with van der Waals surface area (Å²) in [5.74, 6) is 0.687. The fraction of sp³-hybridized carbons (Fsp3) is 0.455. The zero-order chi connectivity index (χ0) is 9.97. The van der Waals surface area contributed by atoms with Crippen molar-refractivity contribution in [3.05, 3.63) is 24.3 Å². The van der Waals surface area contributed by atoms with Crippen LogP contribution in [0.15, 0.2) is 24.3 Å². The number of hydrogen-bond donors (Lipinski definition) is 2. The van der Waals surface area contributed by atoms with Crippen LogP contribution in [0.5, 0.6) is 5.75 Å². The number of aromatic hydroxyl groups is 1. The Labute approximate surface area is 83.6 Å². The van der Waals surface area contributed by atoms with Crippen molar-refractivity contribution in [1.29, 1.82) is 0 Å². The van der Waals surface area contributed by atoms with Gasteiger partial charge in [0.1, 0.15) is 5.75 Å². The first-order valence-corrected chi connectivity index (χ1v) is 4.94. The maximum Gasteiger partial charge on any atom is 0.117 e. The molecule has 1 aromatic carbocycles. The van der Waals surface area contributed by atoms with Crippen LogP contribution in [0, 0.1) is 5.92 Å². The molecular formula is C11H15NO2. The zero-order valence-corrected chi connectivity index (χ0v) is 8.06. The second kappa shape index (κ2) is 3.88. The molecule has 3 nitrogen and oxygen atoms in total. The smallest absolute Gasteiger partial charge is 0.117 e. The fourth-order valence-electron chi connectivity index (χ4n) is 1.91. The minimum atomic E-state index is 0.259. The Balaban J connectivity index is 2.09. The molecule has 1 aliphatic rings. The molecular weight excluding hydrogens is 178 g/mol. The fourth-order valence-corrected chi connectivity index (χ4v) is 1.91. The van der Waals surface area contributed by atoms with Gasteiger partial charge in [-0.1, -0.05) is 6.07 Å². The van der Waals surface area contributed by atoms with Crippen molar-refractivity contribution < 1.29 is 10.2 Å². The molecule has 2 N–H and O–H groups in total. The molecule has 1 unspecified atom stereocenters. The van der Waals surface area contributed by atoms with Crippen molar-refractivity contribution in [2.24, 2.45) is 5.92 Å². The Morgan fingerprint density at radius 3 is 2.93 bits per heavy atom. The predicted molar refractivity (Wildman–Crippen MR) is 55.5 cm³/mol. The number of aliphatic hydroxyl groups excluding tert-OH is 1. The van der Waals surface area contributed by atoms with Crippen LogP contribution in [0.4, 0.5) is 5.69 Å². The van der Waals surface area contributed by atoms with Crippen LogP contribution in [0.25, 0.3) is 0 Å². The van der Waals surface area contributed by atoms with Gasteiger partial charge >= 0.3 is 0 Å². The van der Waals surface area contributed by atoms with Crippen molar-refractivity contribution in [1.82, 2.24) is 0 Å². The van der Waals surface area contributed by atoms with Gasteiger partial charge in [0, 0.05) is 37.4 Å². The number of aliphatic hydroxyl groups is 1. The summed E-state index contributed by atoms with van der Waals surface area (Å²) in [6, 6.07) is 7.26. The molecule has 0 bridgehead atoms. The van der Waals surface area contributed by atoms with Gasteiger partial charge in [0.05, 0.1) is 0 Å². The predicted octanol–water partition coefficient (Wildman–Crippen LogP) is 1.21. The quantitative estimate of drug-likeness (QED) is 0.742. The second-order valence-corrected chi connectivity index (χ2v) is 3.80. The molecule has 1 aliphatic heterocycles. The molecule has 3 heteroatoms. The lowest BCUT2D eigenvalue weighted by Crippen LogP contribution is -2.20. The van der Waals surface area contributed by atoms with Crippen molar-refractivity contribution in [2.75, 3.05) is 24.6 Å². The highest BCUT2D eigenvalue weighted by atomic mass is 16.3. The summed E-state index contributed by atoms with van der Waals surface area (Å²) in [5.41, 5.74) is 1.04. The van der Waals surface area contributed by atoms with Gasteiger partial charge in [0.25, 0.3) is 0 Å². The van der Waals surface area contributed by atoms with E-state index < -0.39 is 0 Å². The number of phenols is 1. The number of nitrogens with zero attached hydrogens (tertiary/aromatic N) is 1. The van der Waals surface area contributed by atoms with Gasteiger partial charge in [-0.2, -0.15) is 0 Å². The third kappa shape index (κ3) is 1.82. The van der Waals surface area contributed by atoms with E-state index in [2.05, 4.69) is 4.90 Å². The van der Waals surface area contributed by atoms with Gasteiger partial charge in [-0.25, -0.2) is 0 Å². The van der Waals surface area contributed by atoms with E-state index in [0.29, 0.717) is 11.7 Å². The van der Waals surface area contributed by atoms with E-state index in [-0.39, 0.29) is 6.61 Å². The highest BCUT2D eigenvalue weighted by Crippen LogP contribution is 2.25. The maximum absolute atomic E-state index is 9.32. The molecule has 1 saturated heterocycles. The summed E-state index contributed by atoms with van der Waals surface area (Å²) < 4.78 is 0. The van der Waals surface area contributed by atoms with Gasteiger partial charge in [0.15, 0.2) is 0 Å². The minimum absolute atomic E-state index is 0.259. The van der Waals surface area contributed by atoms with Crippen LogP contribution in [-0.4, -0.2) is 29.9 Å². The SMILES string of the molecule is OCC1CCN(c2cccc(O)c2)C1. The van der Waals surface area contributed by atoms with Crippen LogP contribution in [0.1, 0.15) is 6.42 Å². The molecule has 76 valence electrons. The number of benzene rings is 1. The van der Waals surface area contributed by atoms with Crippen molar-refractivity contribution in [3.8, 4) is 5.75 Å². The van der Waals surface area contributed by atoms with Gasteiger partial charge in [-0.15, -0.1) is 0 Å².